The number of carbonyl (C=O) groups is 1. The fourth-order valence-corrected chi connectivity index (χ4v) is 5.54. The van der Waals surface area contributed by atoms with Crippen molar-refractivity contribution in [2.24, 2.45) is 11.3 Å². The van der Waals surface area contributed by atoms with E-state index in [0.29, 0.717) is 24.1 Å². The minimum atomic E-state index is -3.32. The summed E-state index contributed by atoms with van der Waals surface area (Å²) in [6.07, 6.45) is 3.12. The maximum Gasteiger partial charge on any atom is 0.221 e. The molecule has 0 spiro atoms. The molecule has 3 rings (SSSR count). The first-order chi connectivity index (χ1) is 16.8. The van der Waals surface area contributed by atoms with Gasteiger partial charge in [0.25, 0.3) is 0 Å². The van der Waals surface area contributed by atoms with Gasteiger partial charge in [-0.1, -0.05) is 45.0 Å². The number of nitrogens with zero attached hydrogens (tertiary/aromatic N) is 1. The highest BCUT2D eigenvalue weighted by molar-refractivity contribution is 7.88. The van der Waals surface area contributed by atoms with Gasteiger partial charge in [0.2, 0.25) is 15.9 Å². The number of rotatable bonds is 9. The van der Waals surface area contributed by atoms with Gasteiger partial charge in [-0.2, -0.15) is 0 Å². The minimum Gasteiger partial charge on any atom is -0.345 e. The summed E-state index contributed by atoms with van der Waals surface area (Å²) in [4.78, 5) is 15.2. The van der Waals surface area contributed by atoms with E-state index >= 15 is 0 Å². The van der Waals surface area contributed by atoms with Gasteiger partial charge in [-0.25, -0.2) is 21.9 Å². The van der Waals surface area contributed by atoms with Crippen LogP contribution in [0.2, 0.25) is 0 Å². The van der Waals surface area contributed by atoms with Crippen LogP contribution in [0.15, 0.2) is 48.5 Å². The van der Waals surface area contributed by atoms with E-state index in [-0.39, 0.29) is 23.3 Å². The molecule has 0 aliphatic carbocycles. The summed E-state index contributed by atoms with van der Waals surface area (Å²) in [5, 5.41) is 2.98. The summed E-state index contributed by atoms with van der Waals surface area (Å²) in [5.41, 5.74) is 0.869. The highest BCUT2D eigenvalue weighted by Gasteiger charge is 2.31. The van der Waals surface area contributed by atoms with Gasteiger partial charge in [-0.05, 0) is 72.7 Å². The number of hydrogen-bond donors (Lipinski definition) is 2. The minimum absolute atomic E-state index is 0.168. The lowest BCUT2D eigenvalue weighted by Gasteiger charge is -2.38. The topological polar surface area (TPSA) is 78.5 Å². The second-order valence-corrected chi connectivity index (χ2v) is 12.6. The summed E-state index contributed by atoms with van der Waals surface area (Å²) < 4.78 is 54.2. The second kappa shape index (κ2) is 11.8. The number of amides is 1. The molecule has 1 aliphatic heterocycles. The summed E-state index contributed by atoms with van der Waals surface area (Å²) in [5.74, 6) is -0.833. The number of sulfonamides is 1. The van der Waals surface area contributed by atoms with Crippen LogP contribution in [0.1, 0.15) is 57.2 Å². The average molecular weight is 522 g/mol. The first-order valence-electron chi connectivity index (χ1n) is 12.3. The van der Waals surface area contributed by atoms with Gasteiger partial charge < -0.3 is 10.2 Å². The second-order valence-electron chi connectivity index (χ2n) is 10.9. The molecule has 2 aromatic rings. The molecule has 0 bridgehead atoms. The number of carbonyl (C=O) groups excluding carboxylic acids is 1. The van der Waals surface area contributed by atoms with Gasteiger partial charge >= 0.3 is 0 Å². The van der Waals surface area contributed by atoms with Crippen LogP contribution in [0.3, 0.4) is 0 Å². The maximum atomic E-state index is 13.9. The van der Waals surface area contributed by atoms with E-state index in [4.69, 9.17) is 0 Å². The Kier molecular flexibility index (Phi) is 9.24. The van der Waals surface area contributed by atoms with Gasteiger partial charge in [0.05, 0.1) is 12.3 Å². The van der Waals surface area contributed by atoms with Crippen LogP contribution in [0, 0.1) is 23.0 Å². The normalized spacial score (nSPS) is 16.8. The Morgan fingerprint density at radius 1 is 1.03 bits per heavy atom. The third-order valence-corrected chi connectivity index (χ3v) is 7.41. The number of benzene rings is 2. The van der Waals surface area contributed by atoms with Crippen LogP contribution in [-0.4, -0.2) is 51.2 Å². The van der Waals surface area contributed by atoms with E-state index < -0.39 is 27.7 Å². The van der Waals surface area contributed by atoms with E-state index in [1.165, 1.54) is 30.5 Å². The number of piperidine rings is 1. The lowest BCUT2D eigenvalue weighted by Crippen LogP contribution is -2.51. The molecule has 0 aromatic heterocycles. The van der Waals surface area contributed by atoms with Crippen LogP contribution in [0.4, 0.5) is 8.78 Å². The highest BCUT2D eigenvalue weighted by Crippen LogP contribution is 2.27. The van der Waals surface area contributed by atoms with Crippen molar-refractivity contribution in [1.82, 2.24) is 14.9 Å². The Labute approximate surface area is 213 Å². The number of hydrogen-bond acceptors (Lipinski definition) is 4. The molecule has 198 valence electrons. The molecule has 0 radical (unpaired) electrons. The molecule has 1 aliphatic rings. The SMILES string of the molecule is CC(C)(C)C(CN1CCC(CC(=O)NC(c2cccc(F)c2)c2cccc(F)c2)CC1)NS(C)(=O)=O. The molecule has 36 heavy (non-hydrogen) atoms. The van der Waals surface area contributed by atoms with Crippen LogP contribution in [0.25, 0.3) is 0 Å². The average Bonchev–Trinajstić information content (AvgIpc) is 2.77. The molecule has 2 aromatic carbocycles. The van der Waals surface area contributed by atoms with E-state index in [1.807, 2.05) is 20.8 Å². The Hall–Kier alpha value is -2.36. The van der Waals surface area contributed by atoms with Crippen LogP contribution in [0.5, 0.6) is 0 Å². The molecule has 1 heterocycles. The summed E-state index contributed by atoms with van der Waals surface area (Å²) >= 11 is 0. The Bertz CT molecular complexity index is 1100. The number of nitrogens with one attached hydrogen (secondary N) is 2. The molecule has 2 N–H and O–H groups in total. The highest BCUT2D eigenvalue weighted by atomic mass is 32.2. The largest absolute Gasteiger partial charge is 0.345 e. The van der Waals surface area contributed by atoms with Crippen LogP contribution >= 0.6 is 0 Å². The molecule has 9 heteroatoms. The van der Waals surface area contributed by atoms with E-state index in [2.05, 4.69) is 14.9 Å². The van der Waals surface area contributed by atoms with Crippen molar-refractivity contribution in [3.63, 3.8) is 0 Å². The molecular formula is C27H37F2N3O3S. The van der Waals surface area contributed by atoms with Gasteiger partial charge in [0, 0.05) is 19.0 Å². The zero-order valence-electron chi connectivity index (χ0n) is 21.4. The summed E-state index contributed by atoms with van der Waals surface area (Å²) in [6.45, 7) is 8.19. The van der Waals surface area contributed by atoms with Crippen molar-refractivity contribution in [2.75, 3.05) is 25.9 Å². The third-order valence-electron chi connectivity index (χ3n) is 6.69. The quantitative estimate of drug-likeness (QED) is 0.518. The van der Waals surface area contributed by atoms with E-state index in [1.54, 1.807) is 24.3 Å². The molecule has 1 fully saturated rings. The predicted molar refractivity (Wildman–Crippen MR) is 138 cm³/mol. The van der Waals surface area contributed by atoms with Crippen molar-refractivity contribution in [1.29, 1.82) is 0 Å². The van der Waals surface area contributed by atoms with E-state index in [9.17, 15) is 22.0 Å². The van der Waals surface area contributed by atoms with Crippen molar-refractivity contribution >= 4 is 15.9 Å². The maximum absolute atomic E-state index is 13.9. The lowest BCUT2D eigenvalue weighted by atomic mass is 9.86. The predicted octanol–water partition coefficient (Wildman–Crippen LogP) is 4.24. The van der Waals surface area contributed by atoms with Gasteiger partial charge in [0.15, 0.2) is 0 Å². The Balaban J connectivity index is 1.60. The molecule has 1 saturated heterocycles. The number of likely N-dealkylation sites (tertiary alicyclic amines) is 1. The lowest BCUT2D eigenvalue weighted by molar-refractivity contribution is -0.122. The van der Waals surface area contributed by atoms with Crippen molar-refractivity contribution in [2.45, 2.75) is 52.1 Å². The fraction of sp³-hybridized carbons (Fsp3) is 0.519. The van der Waals surface area contributed by atoms with Gasteiger partial charge in [0.1, 0.15) is 11.6 Å². The third kappa shape index (κ3) is 8.64. The van der Waals surface area contributed by atoms with Crippen LogP contribution < -0.4 is 10.0 Å². The monoisotopic (exact) mass is 521 g/mol. The molecule has 6 nitrogen and oxygen atoms in total. The van der Waals surface area contributed by atoms with Crippen molar-refractivity contribution in [3.8, 4) is 0 Å². The Morgan fingerprint density at radius 2 is 1.56 bits per heavy atom. The first-order valence-corrected chi connectivity index (χ1v) is 14.2. The molecular weight excluding hydrogens is 484 g/mol. The first kappa shape index (κ1) is 28.2. The standard InChI is InChI=1S/C27H37F2N3O3S/c1-27(2,3)24(31-36(4,34)35)18-32-13-11-19(12-14-32)15-25(33)30-26(20-7-5-9-22(28)16-20)21-8-6-10-23(29)17-21/h5-10,16-17,19,24,26,31H,11-15,18H2,1-4H3,(H,30,33). The molecule has 1 atom stereocenters. The van der Waals surface area contributed by atoms with Crippen LogP contribution in [-0.2, 0) is 14.8 Å². The van der Waals surface area contributed by atoms with Gasteiger partial charge in [-0.3, -0.25) is 4.79 Å². The van der Waals surface area contributed by atoms with Crippen molar-refractivity contribution < 1.29 is 22.0 Å². The Morgan fingerprint density at radius 3 is 2.00 bits per heavy atom. The fourth-order valence-electron chi connectivity index (χ4n) is 4.59. The van der Waals surface area contributed by atoms with Gasteiger partial charge in [-0.15, -0.1) is 0 Å². The zero-order chi connectivity index (χ0) is 26.5. The molecule has 1 unspecified atom stereocenters. The summed E-state index contributed by atoms with van der Waals surface area (Å²) in [7, 11) is -3.32. The summed E-state index contributed by atoms with van der Waals surface area (Å²) in [6, 6.07) is 11.1. The smallest absolute Gasteiger partial charge is 0.221 e. The van der Waals surface area contributed by atoms with Crippen molar-refractivity contribution in [3.05, 3.63) is 71.3 Å². The number of halogens is 2. The van der Waals surface area contributed by atoms with E-state index in [0.717, 1.165) is 25.9 Å². The molecule has 0 saturated carbocycles. The zero-order valence-corrected chi connectivity index (χ0v) is 22.2. The molecule has 1 amide bonds.